The molecule has 0 saturated heterocycles. The number of amides is 1. The van der Waals surface area contributed by atoms with Crippen molar-refractivity contribution in [2.75, 3.05) is 12.8 Å². The van der Waals surface area contributed by atoms with Gasteiger partial charge in [0.15, 0.2) is 0 Å². The number of nitrogens with zero attached hydrogens (tertiary/aromatic N) is 1. The summed E-state index contributed by atoms with van der Waals surface area (Å²) >= 11 is 0. The highest BCUT2D eigenvalue weighted by Crippen LogP contribution is 2.15. The fourth-order valence-corrected chi connectivity index (χ4v) is 2.10. The van der Waals surface area contributed by atoms with Crippen molar-refractivity contribution in [1.29, 1.82) is 0 Å². The van der Waals surface area contributed by atoms with E-state index in [1.54, 1.807) is 0 Å². The van der Waals surface area contributed by atoms with Crippen molar-refractivity contribution in [3.63, 3.8) is 0 Å². The maximum absolute atomic E-state index is 11.7. The molecule has 0 heterocycles. The van der Waals surface area contributed by atoms with Gasteiger partial charge in [0.25, 0.3) is 10.0 Å². The van der Waals surface area contributed by atoms with Gasteiger partial charge in [0.1, 0.15) is 0 Å². The quantitative estimate of drug-likeness (QED) is 0.744. The van der Waals surface area contributed by atoms with Crippen molar-refractivity contribution >= 4 is 21.6 Å². The van der Waals surface area contributed by atoms with Gasteiger partial charge in [0.05, 0.1) is 4.90 Å². The number of anilines is 1. The van der Waals surface area contributed by atoms with Crippen LogP contribution in [0.5, 0.6) is 0 Å². The maximum Gasteiger partial charge on any atom is 0.266 e. The number of carbonyl (C=O) groups is 1. The Morgan fingerprint density at radius 3 is 2.13 bits per heavy atom. The zero-order valence-corrected chi connectivity index (χ0v) is 9.28. The molecular formula is C9H12N2O3S. The highest BCUT2D eigenvalue weighted by molar-refractivity contribution is 7.89. The monoisotopic (exact) mass is 228 g/mol. The number of benzene rings is 1. The van der Waals surface area contributed by atoms with E-state index < -0.39 is 15.9 Å². The third-order valence-electron chi connectivity index (χ3n) is 1.98. The average molecular weight is 228 g/mol. The van der Waals surface area contributed by atoms with Crippen molar-refractivity contribution in [1.82, 2.24) is 4.31 Å². The van der Waals surface area contributed by atoms with E-state index in [-0.39, 0.29) is 4.90 Å². The molecule has 0 unspecified atom stereocenters. The predicted molar refractivity (Wildman–Crippen MR) is 56.5 cm³/mol. The molecule has 1 amide bonds. The molecule has 5 nitrogen and oxygen atoms in total. The van der Waals surface area contributed by atoms with E-state index in [1.165, 1.54) is 38.2 Å². The molecule has 0 aliphatic carbocycles. The lowest BCUT2D eigenvalue weighted by molar-refractivity contribution is -0.123. The summed E-state index contributed by atoms with van der Waals surface area (Å²) in [4.78, 5) is 11.0. The minimum absolute atomic E-state index is 0.0504. The molecule has 6 heteroatoms. The number of sulfonamides is 1. The number of carbonyl (C=O) groups excluding carboxylic acids is 1. The lowest BCUT2D eigenvalue weighted by atomic mass is 10.3. The largest absolute Gasteiger partial charge is 0.399 e. The standard InChI is InChI=1S/C9H12N2O3S/c1-7(12)11(2)15(13,14)9-5-3-8(10)4-6-9/h3-6H,10H2,1-2H3. The summed E-state index contributed by atoms with van der Waals surface area (Å²) in [6.07, 6.45) is 0. The Balaban J connectivity index is 3.17. The lowest BCUT2D eigenvalue weighted by Gasteiger charge is -2.15. The fourth-order valence-electron chi connectivity index (χ4n) is 0.967. The second kappa shape index (κ2) is 3.90. The van der Waals surface area contributed by atoms with Crippen molar-refractivity contribution in [3.05, 3.63) is 24.3 Å². The SMILES string of the molecule is CC(=O)N(C)S(=O)(=O)c1ccc(N)cc1. The molecule has 15 heavy (non-hydrogen) atoms. The van der Waals surface area contributed by atoms with Crippen LogP contribution in [0.2, 0.25) is 0 Å². The van der Waals surface area contributed by atoms with Crippen LogP contribution in [0.4, 0.5) is 5.69 Å². The van der Waals surface area contributed by atoms with Crippen molar-refractivity contribution < 1.29 is 13.2 Å². The first-order valence-electron chi connectivity index (χ1n) is 4.21. The summed E-state index contributed by atoms with van der Waals surface area (Å²) in [5, 5.41) is 0. The van der Waals surface area contributed by atoms with Gasteiger partial charge in [-0.05, 0) is 24.3 Å². The van der Waals surface area contributed by atoms with E-state index in [0.29, 0.717) is 9.99 Å². The summed E-state index contributed by atoms with van der Waals surface area (Å²) < 4.78 is 24.2. The Labute approximate surface area is 88.5 Å². The third-order valence-corrected chi connectivity index (χ3v) is 3.83. The first-order valence-corrected chi connectivity index (χ1v) is 5.65. The summed E-state index contributed by atoms with van der Waals surface area (Å²) in [6, 6.07) is 5.68. The number of nitrogen functional groups attached to an aromatic ring is 1. The van der Waals surface area contributed by atoms with Crippen molar-refractivity contribution in [2.45, 2.75) is 11.8 Å². The topological polar surface area (TPSA) is 80.5 Å². The minimum atomic E-state index is -3.73. The molecule has 0 aromatic heterocycles. The molecule has 1 rings (SSSR count). The van der Waals surface area contributed by atoms with Crippen molar-refractivity contribution in [2.24, 2.45) is 0 Å². The van der Waals surface area contributed by atoms with Gasteiger partial charge in [-0.1, -0.05) is 0 Å². The van der Waals surface area contributed by atoms with E-state index in [0.717, 1.165) is 0 Å². The zero-order chi connectivity index (χ0) is 11.6. The van der Waals surface area contributed by atoms with Crippen LogP contribution < -0.4 is 5.73 Å². The average Bonchev–Trinajstić information content (AvgIpc) is 2.17. The molecule has 0 atom stereocenters. The predicted octanol–water partition coefficient (Wildman–Crippen LogP) is 0.436. The van der Waals surface area contributed by atoms with Crippen LogP contribution in [0.3, 0.4) is 0 Å². The highest BCUT2D eigenvalue weighted by Gasteiger charge is 2.22. The summed E-state index contributed by atoms with van der Waals surface area (Å²) in [5.74, 6) is -0.535. The molecule has 0 bridgehead atoms. The number of hydrogen-bond donors (Lipinski definition) is 1. The Morgan fingerprint density at radius 2 is 1.73 bits per heavy atom. The number of rotatable bonds is 2. The van der Waals surface area contributed by atoms with E-state index in [9.17, 15) is 13.2 Å². The normalized spacial score (nSPS) is 11.1. The van der Waals surface area contributed by atoms with Crippen LogP contribution in [0.1, 0.15) is 6.92 Å². The van der Waals surface area contributed by atoms with Gasteiger partial charge in [-0.3, -0.25) is 4.79 Å². The van der Waals surface area contributed by atoms with E-state index in [1.807, 2.05) is 0 Å². The third kappa shape index (κ3) is 2.27. The number of nitrogens with two attached hydrogens (primary N) is 1. The van der Waals surface area contributed by atoms with Gasteiger partial charge in [-0.2, -0.15) is 0 Å². The highest BCUT2D eigenvalue weighted by atomic mass is 32.2. The first-order chi connectivity index (χ1) is 6.85. The Bertz CT molecular complexity index is 465. The molecule has 82 valence electrons. The molecule has 2 N–H and O–H groups in total. The Morgan fingerprint density at radius 1 is 1.27 bits per heavy atom. The second-order valence-corrected chi connectivity index (χ2v) is 5.03. The molecular weight excluding hydrogens is 216 g/mol. The van der Waals surface area contributed by atoms with Crippen LogP contribution in [-0.2, 0) is 14.8 Å². The van der Waals surface area contributed by atoms with Gasteiger partial charge in [0, 0.05) is 19.7 Å². The molecule has 0 aliphatic heterocycles. The van der Waals surface area contributed by atoms with Crippen LogP contribution in [0, 0.1) is 0 Å². The summed E-state index contributed by atoms with van der Waals surface area (Å²) in [5.41, 5.74) is 5.90. The van der Waals surface area contributed by atoms with Crippen LogP contribution in [0.15, 0.2) is 29.2 Å². The molecule has 1 aromatic rings. The zero-order valence-electron chi connectivity index (χ0n) is 8.47. The van der Waals surface area contributed by atoms with E-state index in [4.69, 9.17) is 5.73 Å². The molecule has 0 saturated carbocycles. The fraction of sp³-hybridized carbons (Fsp3) is 0.222. The van der Waals surface area contributed by atoms with Gasteiger partial charge >= 0.3 is 0 Å². The maximum atomic E-state index is 11.7. The van der Waals surface area contributed by atoms with Crippen molar-refractivity contribution in [3.8, 4) is 0 Å². The molecule has 0 aliphatic rings. The van der Waals surface area contributed by atoms with Crippen LogP contribution in [0.25, 0.3) is 0 Å². The molecule has 0 fully saturated rings. The summed E-state index contributed by atoms with van der Waals surface area (Å²) in [7, 11) is -2.51. The second-order valence-electron chi connectivity index (χ2n) is 3.06. The smallest absolute Gasteiger partial charge is 0.266 e. The van der Waals surface area contributed by atoms with Crippen LogP contribution in [-0.4, -0.2) is 25.7 Å². The van der Waals surface area contributed by atoms with Gasteiger partial charge in [0.2, 0.25) is 5.91 Å². The molecule has 0 radical (unpaired) electrons. The van der Waals surface area contributed by atoms with Gasteiger partial charge < -0.3 is 5.73 Å². The lowest BCUT2D eigenvalue weighted by Crippen LogP contribution is -2.31. The van der Waals surface area contributed by atoms with Gasteiger partial charge in [-0.25, -0.2) is 12.7 Å². The minimum Gasteiger partial charge on any atom is -0.399 e. The van der Waals surface area contributed by atoms with Gasteiger partial charge in [-0.15, -0.1) is 0 Å². The summed E-state index contributed by atoms with van der Waals surface area (Å²) in [6.45, 7) is 1.19. The first kappa shape index (κ1) is 11.5. The van der Waals surface area contributed by atoms with E-state index >= 15 is 0 Å². The number of hydrogen-bond acceptors (Lipinski definition) is 4. The molecule has 1 aromatic carbocycles. The van der Waals surface area contributed by atoms with Crippen LogP contribution >= 0.6 is 0 Å². The van der Waals surface area contributed by atoms with E-state index in [2.05, 4.69) is 0 Å². The molecule has 0 spiro atoms. The Hall–Kier alpha value is -1.56. The Kier molecular flexibility index (Phi) is 2.99.